The number of hydrogen-bond acceptors (Lipinski definition) is 3. The number of halogens is 1. The van der Waals surface area contributed by atoms with Gasteiger partial charge in [0.25, 0.3) is 0 Å². The van der Waals surface area contributed by atoms with Gasteiger partial charge in [-0.05, 0) is 18.2 Å². The lowest BCUT2D eigenvalue weighted by Gasteiger charge is -2.08. The summed E-state index contributed by atoms with van der Waals surface area (Å²) < 4.78 is 0. The van der Waals surface area contributed by atoms with Crippen molar-refractivity contribution in [1.82, 2.24) is 5.32 Å². The second kappa shape index (κ2) is 6.60. The molecule has 0 aromatic heterocycles. The Kier molecular flexibility index (Phi) is 5.13. The number of urea groups is 1. The van der Waals surface area contributed by atoms with Crippen LogP contribution in [-0.4, -0.2) is 29.6 Å². The van der Waals surface area contributed by atoms with Crippen molar-refractivity contribution in [2.75, 3.05) is 11.9 Å². The number of rotatable bonds is 5. The van der Waals surface area contributed by atoms with Crippen molar-refractivity contribution < 1.29 is 19.5 Å². The van der Waals surface area contributed by atoms with Gasteiger partial charge in [0.15, 0.2) is 0 Å². The molecule has 102 valence electrons. The lowest BCUT2D eigenvalue weighted by atomic mass is 10.2. The van der Waals surface area contributed by atoms with E-state index in [0.29, 0.717) is 0 Å². The Bertz CT molecular complexity index is 519. The van der Waals surface area contributed by atoms with Crippen molar-refractivity contribution in [3.8, 4) is 0 Å². The molecule has 7 nitrogen and oxygen atoms in total. The fraction of sp³-hybridized carbons (Fsp3) is 0.182. The molecule has 0 saturated heterocycles. The Morgan fingerprint density at radius 1 is 1.32 bits per heavy atom. The van der Waals surface area contributed by atoms with Crippen LogP contribution < -0.4 is 16.4 Å². The molecule has 0 saturated carbocycles. The van der Waals surface area contributed by atoms with E-state index in [0.717, 1.165) is 0 Å². The quantitative estimate of drug-likeness (QED) is 0.645. The van der Waals surface area contributed by atoms with Gasteiger partial charge < -0.3 is 21.5 Å². The molecule has 0 radical (unpaired) electrons. The Morgan fingerprint density at radius 3 is 2.58 bits per heavy atom. The first-order valence-electron chi connectivity index (χ1n) is 5.26. The van der Waals surface area contributed by atoms with Crippen molar-refractivity contribution in [3.63, 3.8) is 0 Å². The molecule has 0 fully saturated rings. The monoisotopic (exact) mass is 285 g/mol. The Balaban J connectivity index is 2.62. The summed E-state index contributed by atoms with van der Waals surface area (Å²) in [5, 5.41) is 13.7. The first kappa shape index (κ1) is 14.8. The van der Waals surface area contributed by atoms with Gasteiger partial charge in [-0.2, -0.15) is 0 Å². The van der Waals surface area contributed by atoms with Crippen molar-refractivity contribution >= 4 is 35.2 Å². The fourth-order valence-corrected chi connectivity index (χ4v) is 1.44. The molecule has 0 aliphatic heterocycles. The third-order valence-electron chi connectivity index (χ3n) is 2.11. The van der Waals surface area contributed by atoms with Gasteiger partial charge in [-0.3, -0.25) is 4.79 Å². The van der Waals surface area contributed by atoms with Crippen LogP contribution in [0.5, 0.6) is 0 Å². The molecule has 0 atom stereocenters. The molecule has 0 aliphatic carbocycles. The maximum atomic E-state index is 11.4. The second-order valence-corrected chi connectivity index (χ2v) is 4.00. The highest BCUT2D eigenvalue weighted by Crippen LogP contribution is 2.20. The van der Waals surface area contributed by atoms with Crippen LogP contribution in [0.1, 0.15) is 16.8 Å². The summed E-state index contributed by atoms with van der Waals surface area (Å²) in [6, 6.07) is 3.49. The van der Waals surface area contributed by atoms with Crippen molar-refractivity contribution in [2.45, 2.75) is 6.42 Å². The van der Waals surface area contributed by atoms with Crippen LogP contribution in [0.25, 0.3) is 0 Å². The van der Waals surface area contributed by atoms with Gasteiger partial charge in [-0.1, -0.05) is 11.6 Å². The lowest BCUT2D eigenvalue weighted by Crippen LogP contribution is -2.31. The second-order valence-electron chi connectivity index (χ2n) is 3.60. The molecule has 1 aromatic rings. The van der Waals surface area contributed by atoms with Gasteiger partial charge in [0, 0.05) is 18.7 Å². The van der Waals surface area contributed by atoms with Gasteiger partial charge in [-0.15, -0.1) is 0 Å². The zero-order chi connectivity index (χ0) is 14.4. The number of nitrogens with two attached hydrogens (primary N) is 1. The van der Waals surface area contributed by atoms with E-state index in [-0.39, 0.29) is 29.2 Å². The summed E-state index contributed by atoms with van der Waals surface area (Å²) in [5.74, 6) is -1.72. The van der Waals surface area contributed by atoms with Crippen molar-refractivity contribution in [2.24, 2.45) is 5.73 Å². The van der Waals surface area contributed by atoms with E-state index >= 15 is 0 Å². The van der Waals surface area contributed by atoms with Crippen LogP contribution in [0.4, 0.5) is 10.5 Å². The van der Waals surface area contributed by atoms with Gasteiger partial charge in [-0.25, -0.2) is 9.59 Å². The van der Waals surface area contributed by atoms with Gasteiger partial charge in [0.1, 0.15) is 0 Å². The number of benzene rings is 1. The standard InChI is InChI=1S/C11H12ClN3O4/c12-8-2-1-6(5-7(8)10(17)18)15-11(19)14-4-3-9(13)16/h1-2,5H,3-4H2,(H2,13,16)(H,17,18)(H2,14,15,19). The van der Waals surface area contributed by atoms with Crippen LogP contribution in [0.3, 0.4) is 0 Å². The smallest absolute Gasteiger partial charge is 0.337 e. The third kappa shape index (κ3) is 4.84. The molecule has 0 heterocycles. The molecular formula is C11H12ClN3O4. The molecule has 3 amide bonds. The number of hydrogen-bond donors (Lipinski definition) is 4. The van der Waals surface area contributed by atoms with E-state index in [4.69, 9.17) is 22.4 Å². The number of primary amides is 1. The predicted octanol–water partition coefficient (Wildman–Crippen LogP) is 1.04. The van der Waals surface area contributed by atoms with E-state index in [1.54, 1.807) is 0 Å². The zero-order valence-corrected chi connectivity index (χ0v) is 10.5. The summed E-state index contributed by atoms with van der Waals surface area (Å²) in [6.07, 6.45) is 0.0222. The van der Waals surface area contributed by atoms with Crippen molar-refractivity contribution in [1.29, 1.82) is 0 Å². The van der Waals surface area contributed by atoms with Crippen LogP contribution in [0, 0.1) is 0 Å². The fourth-order valence-electron chi connectivity index (χ4n) is 1.24. The van der Waals surface area contributed by atoms with Crippen LogP contribution in [0.15, 0.2) is 18.2 Å². The maximum absolute atomic E-state index is 11.4. The van der Waals surface area contributed by atoms with E-state index in [2.05, 4.69) is 10.6 Å². The molecule has 0 unspecified atom stereocenters. The number of carboxylic acids is 1. The normalized spacial score (nSPS) is 9.74. The molecule has 0 bridgehead atoms. The van der Waals surface area contributed by atoms with Crippen LogP contribution in [-0.2, 0) is 4.79 Å². The maximum Gasteiger partial charge on any atom is 0.337 e. The average molecular weight is 286 g/mol. The molecule has 8 heteroatoms. The largest absolute Gasteiger partial charge is 0.478 e. The molecule has 1 aromatic carbocycles. The number of aromatic carboxylic acids is 1. The SMILES string of the molecule is NC(=O)CCNC(=O)Nc1ccc(Cl)c(C(=O)O)c1. The first-order valence-corrected chi connectivity index (χ1v) is 5.64. The zero-order valence-electron chi connectivity index (χ0n) is 9.77. The molecule has 5 N–H and O–H groups in total. The first-order chi connectivity index (χ1) is 8.90. The molecular weight excluding hydrogens is 274 g/mol. The number of anilines is 1. The third-order valence-corrected chi connectivity index (χ3v) is 2.44. The average Bonchev–Trinajstić information content (AvgIpc) is 2.30. The minimum absolute atomic E-state index is 0.0222. The number of carboxylic acid groups (broad SMARTS) is 1. The van der Waals surface area contributed by atoms with Crippen LogP contribution in [0.2, 0.25) is 5.02 Å². The lowest BCUT2D eigenvalue weighted by molar-refractivity contribution is -0.117. The minimum Gasteiger partial charge on any atom is -0.478 e. The highest BCUT2D eigenvalue weighted by atomic mass is 35.5. The minimum atomic E-state index is -1.19. The van der Waals surface area contributed by atoms with Gasteiger partial charge in [0.2, 0.25) is 5.91 Å². The van der Waals surface area contributed by atoms with E-state index in [1.807, 2.05) is 0 Å². The topological polar surface area (TPSA) is 122 Å². The molecule has 0 spiro atoms. The van der Waals surface area contributed by atoms with Crippen LogP contribution >= 0.6 is 11.6 Å². The summed E-state index contributed by atoms with van der Waals surface area (Å²) in [7, 11) is 0. The molecule has 1 rings (SSSR count). The summed E-state index contributed by atoms with van der Waals surface area (Å²) in [6.45, 7) is 0.0978. The Morgan fingerprint density at radius 2 is 2.00 bits per heavy atom. The number of carbonyl (C=O) groups excluding carboxylic acids is 2. The van der Waals surface area contributed by atoms with E-state index in [1.165, 1.54) is 18.2 Å². The number of amides is 3. The predicted molar refractivity (Wildman–Crippen MR) is 69.2 cm³/mol. The summed E-state index contributed by atoms with van der Waals surface area (Å²) in [5.41, 5.74) is 5.07. The number of carbonyl (C=O) groups is 3. The molecule has 0 aliphatic rings. The Labute approximate surface area is 113 Å². The highest BCUT2D eigenvalue weighted by Gasteiger charge is 2.10. The van der Waals surface area contributed by atoms with Gasteiger partial charge >= 0.3 is 12.0 Å². The van der Waals surface area contributed by atoms with E-state index < -0.39 is 17.9 Å². The highest BCUT2D eigenvalue weighted by molar-refractivity contribution is 6.33. The summed E-state index contributed by atoms with van der Waals surface area (Å²) >= 11 is 5.69. The van der Waals surface area contributed by atoms with E-state index in [9.17, 15) is 14.4 Å². The number of nitrogens with one attached hydrogen (secondary N) is 2. The van der Waals surface area contributed by atoms with Crippen molar-refractivity contribution in [3.05, 3.63) is 28.8 Å². The van der Waals surface area contributed by atoms with Gasteiger partial charge in [0.05, 0.1) is 10.6 Å². The Hall–Kier alpha value is -2.28. The molecule has 19 heavy (non-hydrogen) atoms. The summed E-state index contributed by atoms with van der Waals surface area (Å²) in [4.78, 5) is 32.7.